The van der Waals surface area contributed by atoms with E-state index in [9.17, 15) is 4.79 Å². The van der Waals surface area contributed by atoms with Gasteiger partial charge in [0.05, 0.1) is 6.20 Å². The summed E-state index contributed by atoms with van der Waals surface area (Å²) in [5.74, 6) is -0.137. The quantitative estimate of drug-likeness (QED) is 0.688. The van der Waals surface area contributed by atoms with Crippen molar-refractivity contribution in [2.24, 2.45) is 5.73 Å². The lowest BCUT2D eigenvalue weighted by Crippen LogP contribution is -2.37. The molecule has 7 nitrogen and oxygen atoms in total. The summed E-state index contributed by atoms with van der Waals surface area (Å²) < 4.78 is 0. The minimum atomic E-state index is -0.910. The molecule has 3 N–H and O–H groups in total. The number of nitrogens with two attached hydrogens (primary N) is 1. The zero-order chi connectivity index (χ0) is 11.1. The van der Waals surface area contributed by atoms with Crippen molar-refractivity contribution in [1.82, 2.24) is 25.4 Å². The summed E-state index contributed by atoms with van der Waals surface area (Å²) in [4.78, 5) is 19.3. The Balaban J connectivity index is 2.57. The molecular formula is C8H10N6O. The molecule has 0 atom stereocenters. The molecular weight excluding hydrogens is 196 g/mol. The summed E-state index contributed by atoms with van der Waals surface area (Å²) >= 11 is 0. The van der Waals surface area contributed by atoms with Crippen LogP contribution in [0, 0.1) is 0 Å². The van der Waals surface area contributed by atoms with E-state index < -0.39 is 11.3 Å². The van der Waals surface area contributed by atoms with Crippen LogP contribution in [0.1, 0.15) is 19.7 Å². The zero-order valence-corrected chi connectivity index (χ0v) is 8.35. The highest BCUT2D eigenvalue weighted by Gasteiger charge is 2.31. The molecule has 0 aromatic carbocycles. The number of rotatable bonds is 2. The van der Waals surface area contributed by atoms with Crippen LogP contribution in [0.25, 0.3) is 11.2 Å². The lowest BCUT2D eigenvalue weighted by atomic mass is 9.91. The van der Waals surface area contributed by atoms with E-state index in [1.54, 1.807) is 13.8 Å². The molecule has 0 fully saturated rings. The molecule has 1 amide bonds. The van der Waals surface area contributed by atoms with Gasteiger partial charge in [-0.1, -0.05) is 0 Å². The first-order chi connectivity index (χ1) is 7.01. The van der Waals surface area contributed by atoms with E-state index in [-0.39, 0.29) is 0 Å². The number of aromatic amines is 1. The van der Waals surface area contributed by atoms with Crippen LogP contribution >= 0.6 is 0 Å². The highest BCUT2D eigenvalue weighted by atomic mass is 16.1. The van der Waals surface area contributed by atoms with E-state index in [0.29, 0.717) is 17.0 Å². The smallest absolute Gasteiger partial charge is 0.230 e. The molecule has 7 heteroatoms. The third kappa shape index (κ3) is 1.41. The molecule has 0 spiro atoms. The lowest BCUT2D eigenvalue weighted by molar-refractivity contribution is -0.122. The van der Waals surface area contributed by atoms with E-state index in [4.69, 9.17) is 5.73 Å². The maximum Gasteiger partial charge on any atom is 0.230 e. The van der Waals surface area contributed by atoms with Crippen LogP contribution in [-0.4, -0.2) is 31.3 Å². The number of amides is 1. The molecule has 15 heavy (non-hydrogen) atoms. The highest BCUT2D eigenvalue weighted by Crippen LogP contribution is 2.19. The van der Waals surface area contributed by atoms with Crippen LogP contribution in [0.2, 0.25) is 0 Å². The second kappa shape index (κ2) is 2.97. The van der Waals surface area contributed by atoms with Gasteiger partial charge in [-0.2, -0.15) is 10.3 Å². The van der Waals surface area contributed by atoms with Crippen LogP contribution in [0.5, 0.6) is 0 Å². The molecule has 2 aromatic rings. The molecule has 0 bridgehead atoms. The Hall–Kier alpha value is -2.05. The van der Waals surface area contributed by atoms with E-state index in [0.717, 1.165) is 0 Å². The summed E-state index contributed by atoms with van der Waals surface area (Å²) in [6.45, 7) is 3.33. The molecule has 0 saturated carbocycles. The van der Waals surface area contributed by atoms with Crippen LogP contribution in [-0.2, 0) is 10.2 Å². The zero-order valence-electron chi connectivity index (χ0n) is 8.35. The molecule has 0 radical (unpaired) electrons. The topological polar surface area (TPSA) is 110 Å². The number of aromatic nitrogens is 5. The SMILES string of the molecule is CC(C)(C(N)=O)c1ncc2n[nH]nc2n1. The minimum Gasteiger partial charge on any atom is -0.369 e. The van der Waals surface area contributed by atoms with Gasteiger partial charge in [-0.25, -0.2) is 9.97 Å². The summed E-state index contributed by atoms with van der Waals surface area (Å²) in [5, 5.41) is 10.0. The molecule has 0 unspecified atom stereocenters. The predicted octanol–water partition coefficient (Wildman–Crippen LogP) is -0.489. The number of nitrogens with zero attached hydrogens (tertiary/aromatic N) is 4. The third-order valence-corrected chi connectivity index (χ3v) is 2.25. The Morgan fingerprint density at radius 1 is 1.47 bits per heavy atom. The third-order valence-electron chi connectivity index (χ3n) is 2.25. The van der Waals surface area contributed by atoms with Crippen LogP contribution in [0.3, 0.4) is 0 Å². The van der Waals surface area contributed by atoms with Crippen molar-refractivity contribution in [2.45, 2.75) is 19.3 Å². The number of carbonyl (C=O) groups excluding carboxylic acids is 1. The van der Waals surface area contributed by atoms with Gasteiger partial charge >= 0.3 is 0 Å². The van der Waals surface area contributed by atoms with Crippen molar-refractivity contribution in [2.75, 3.05) is 0 Å². The summed E-state index contributed by atoms with van der Waals surface area (Å²) in [7, 11) is 0. The monoisotopic (exact) mass is 206 g/mol. The fourth-order valence-corrected chi connectivity index (χ4v) is 1.07. The van der Waals surface area contributed by atoms with Crippen molar-refractivity contribution in [3.63, 3.8) is 0 Å². The molecule has 2 heterocycles. The Morgan fingerprint density at radius 2 is 2.20 bits per heavy atom. The largest absolute Gasteiger partial charge is 0.369 e. The maximum absolute atomic E-state index is 11.2. The first-order valence-corrected chi connectivity index (χ1v) is 4.35. The van der Waals surface area contributed by atoms with Crippen molar-refractivity contribution < 1.29 is 4.79 Å². The molecule has 0 aliphatic heterocycles. The molecule has 78 valence electrons. The standard InChI is InChI=1S/C8H10N6O/c1-8(2,6(9)15)7-10-3-4-5(11-7)13-14-12-4/h3H,1-2H3,(H2,9,15)(H,10,11,12,13,14). The van der Waals surface area contributed by atoms with Gasteiger partial charge in [0.2, 0.25) is 11.6 Å². The van der Waals surface area contributed by atoms with Gasteiger partial charge in [0.25, 0.3) is 0 Å². The second-order valence-electron chi connectivity index (χ2n) is 3.72. The molecule has 0 saturated heterocycles. The molecule has 0 aliphatic carbocycles. The number of primary amides is 1. The number of hydrogen-bond acceptors (Lipinski definition) is 5. The van der Waals surface area contributed by atoms with Gasteiger partial charge in [0, 0.05) is 0 Å². The average Bonchev–Trinajstić information content (AvgIpc) is 2.63. The lowest BCUT2D eigenvalue weighted by Gasteiger charge is -2.17. The van der Waals surface area contributed by atoms with Gasteiger partial charge < -0.3 is 5.73 Å². The van der Waals surface area contributed by atoms with Gasteiger partial charge in [-0.05, 0) is 13.8 Å². The molecule has 2 aromatic heterocycles. The van der Waals surface area contributed by atoms with Crippen molar-refractivity contribution in [3.8, 4) is 0 Å². The van der Waals surface area contributed by atoms with Gasteiger partial charge in [-0.15, -0.1) is 5.10 Å². The average molecular weight is 206 g/mol. The van der Waals surface area contributed by atoms with Gasteiger partial charge in [-0.3, -0.25) is 4.79 Å². The Morgan fingerprint density at radius 3 is 2.87 bits per heavy atom. The van der Waals surface area contributed by atoms with E-state index in [1.165, 1.54) is 6.20 Å². The van der Waals surface area contributed by atoms with Crippen molar-refractivity contribution >= 4 is 17.1 Å². The fraction of sp³-hybridized carbons (Fsp3) is 0.375. The molecule has 2 rings (SSSR count). The maximum atomic E-state index is 11.2. The van der Waals surface area contributed by atoms with E-state index in [1.807, 2.05) is 0 Å². The van der Waals surface area contributed by atoms with Crippen LogP contribution in [0.15, 0.2) is 6.20 Å². The number of fused-ring (bicyclic) bond motifs is 1. The van der Waals surface area contributed by atoms with E-state index >= 15 is 0 Å². The Labute approximate surface area is 85.1 Å². The number of hydrogen-bond donors (Lipinski definition) is 2. The number of H-pyrrole nitrogens is 1. The second-order valence-corrected chi connectivity index (χ2v) is 3.72. The van der Waals surface area contributed by atoms with E-state index in [2.05, 4.69) is 25.4 Å². The van der Waals surface area contributed by atoms with Crippen molar-refractivity contribution in [3.05, 3.63) is 12.0 Å². The first-order valence-electron chi connectivity index (χ1n) is 4.35. The van der Waals surface area contributed by atoms with Gasteiger partial charge in [0.15, 0.2) is 0 Å². The summed E-state index contributed by atoms with van der Waals surface area (Å²) in [6.07, 6.45) is 1.51. The highest BCUT2D eigenvalue weighted by molar-refractivity contribution is 5.85. The number of carbonyl (C=O) groups is 1. The Kier molecular flexibility index (Phi) is 1.88. The molecule has 0 aliphatic rings. The minimum absolute atomic E-state index is 0.344. The first kappa shape index (κ1) is 9.50. The summed E-state index contributed by atoms with van der Waals surface area (Å²) in [6, 6.07) is 0. The van der Waals surface area contributed by atoms with Crippen LogP contribution < -0.4 is 5.73 Å². The normalized spacial score (nSPS) is 11.9. The van der Waals surface area contributed by atoms with Crippen molar-refractivity contribution in [1.29, 1.82) is 0 Å². The number of nitrogens with one attached hydrogen (secondary N) is 1. The predicted molar refractivity (Wildman–Crippen MR) is 51.7 cm³/mol. The van der Waals surface area contributed by atoms with Gasteiger partial charge in [0.1, 0.15) is 16.8 Å². The fourth-order valence-electron chi connectivity index (χ4n) is 1.07. The Bertz CT molecular complexity index is 517. The summed E-state index contributed by atoms with van der Waals surface area (Å²) in [5.41, 5.74) is 5.33. The van der Waals surface area contributed by atoms with Crippen LogP contribution in [0.4, 0.5) is 0 Å².